The minimum absolute atomic E-state index is 0. The molecule has 0 spiro atoms. The van der Waals surface area contributed by atoms with Crippen LogP contribution in [0.15, 0.2) is 79.0 Å². The molecule has 0 N–H and O–H groups in total. The number of hydrogen-bond acceptors (Lipinski definition) is 0. The standard InChI is InChI=1S/2C15H17.C5H10Si.2ClH.Hf/c2*1-9-7-14-10(2)12-5-4-6-13(12)11(3)15(14)8-9;1-2-4-6-5-3-1;;;/h2*7,13H,4-6H2,1-3H3;1-5H2;2*1H;/q2*-1;;;;+2/p-2. The van der Waals surface area contributed by atoms with Crippen molar-refractivity contribution in [1.29, 1.82) is 0 Å². The van der Waals surface area contributed by atoms with Gasteiger partial charge in [0.15, 0.2) is 0 Å². The molecule has 39 heavy (non-hydrogen) atoms. The maximum atomic E-state index is 3.52. The molecule has 2 unspecified atom stereocenters. The summed E-state index contributed by atoms with van der Waals surface area (Å²) in [7, 11) is 0. The van der Waals surface area contributed by atoms with E-state index < -0.39 is 0 Å². The summed E-state index contributed by atoms with van der Waals surface area (Å²) in [5.74, 6) is 1.49. The fourth-order valence-corrected chi connectivity index (χ4v) is 13.0. The van der Waals surface area contributed by atoms with Gasteiger partial charge in [-0.15, -0.1) is 45.6 Å². The zero-order valence-electron chi connectivity index (χ0n) is 24.8. The van der Waals surface area contributed by atoms with E-state index in [-0.39, 0.29) is 24.8 Å². The molecular weight excluding hydrogens is 698 g/mol. The summed E-state index contributed by atoms with van der Waals surface area (Å²) < 4.78 is 0. The molecule has 0 aromatic heterocycles. The monoisotopic (exact) mass is 742 g/mol. The van der Waals surface area contributed by atoms with Crippen molar-refractivity contribution < 1.29 is 47.8 Å². The first-order chi connectivity index (χ1) is 17.8. The van der Waals surface area contributed by atoms with Gasteiger partial charge in [0.25, 0.3) is 0 Å². The summed E-state index contributed by atoms with van der Waals surface area (Å²) in [4.78, 5) is 0. The third-order valence-electron chi connectivity index (χ3n) is 9.69. The van der Waals surface area contributed by atoms with Crippen molar-refractivity contribution in [2.75, 3.05) is 0 Å². The maximum absolute atomic E-state index is 3.52. The summed E-state index contributed by atoms with van der Waals surface area (Å²) in [6.07, 6.45) is 24.4. The van der Waals surface area contributed by atoms with E-state index in [0.29, 0.717) is 5.49 Å². The minimum atomic E-state index is 0. The summed E-state index contributed by atoms with van der Waals surface area (Å²) in [5, 5.41) is 0. The molecule has 0 bridgehead atoms. The van der Waals surface area contributed by atoms with Gasteiger partial charge in [-0.05, 0) is 51.4 Å². The fourth-order valence-electron chi connectivity index (χ4n) is 7.61. The molecule has 0 radical (unpaired) electrons. The molecule has 4 heteroatoms. The first kappa shape index (κ1) is 33.1. The molecule has 0 aromatic rings. The zero-order chi connectivity index (χ0) is 26.3. The quantitative estimate of drug-likeness (QED) is 0.261. The summed E-state index contributed by atoms with van der Waals surface area (Å²) in [6, 6.07) is 3.30. The second-order valence-corrected chi connectivity index (χ2v) is 22.0. The van der Waals surface area contributed by atoms with Gasteiger partial charge in [0.05, 0.1) is 0 Å². The van der Waals surface area contributed by atoms with E-state index in [0.717, 1.165) is 11.8 Å². The fraction of sp³-hybridized carbons (Fsp3) is 0.543. The first-order valence-electron chi connectivity index (χ1n) is 14.8. The van der Waals surface area contributed by atoms with Crippen LogP contribution in [0.3, 0.4) is 0 Å². The van der Waals surface area contributed by atoms with Gasteiger partial charge in [-0.3, -0.25) is 0 Å². The molecule has 0 aromatic carbocycles. The average molecular weight is 742 g/mol. The number of halogens is 2. The molecule has 2 atom stereocenters. The summed E-state index contributed by atoms with van der Waals surface area (Å²) in [5.41, 5.74) is 18.3. The Morgan fingerprint density at radius 3 is 1.41 bits per heavy atom. The SMILES string of the molecule is CC1=[C-]C2=C(C)C3CCCC3=C(C)C2=C1.CC1=[C-]C2=C(C)C3CCCC3=C(C)C2=C1.[Cl-].[Cl-].[Hf+2]=[Si]1CCCCC1. The number of hydrogen-bond donors (Lipinski definition) is 0. The van der Waals surface area contributed by atoms with Crippen LogP contribution in [0, 0.1) is 24.0 Å². The van der Waals surface area contributed by atoms with Crippen molar-refractivity contribution in [2.45, 2.75) is 111 Å². The van der Waals surface area contributed by atoms with Crippen LogP contribution in [0.4, 0.5) is 0 Å². The second-order valence-electron chi connectivity index (χ2n) is 12.2. The van der Waals surface area contributed by atoms with E-state index >= 15 is 0 Å². The van der Waals surface area contributed by atoms with Crippen LogP contribution >= 0.6 is 0 Å². The molecule has 0 amide bonds. The molecule has 3 fully saturated rings. The molecule has 0 nitrogen and oxygen atoms in total. The van der Waals surface area contributed by atoms with Gasteiger partial charge in [-0.25, -0.2) is 0 Å². The first-order valence-corrected chi connectivity index (χ1v) is 22.1. The van der Waals surface area contributed by atoms with Crippen LogP contribution in [0.25, 0.3) is 0 Å². The Labute approximate surface area is 266 Å². The van der Waals surface area contributed by atoms with Crippen LogP contribution in [0.1, 0.15) is 99.3 Å². The summed E-state index contributed by atoms with van der Waals surface area (Å²) in [6.45, 7) is 13.5. The molecular formula is C35H44Cl2HfSi-2. The third-order valence-corrected chi connectivity index (χ3v) is 17.0. The van der Waals surface area contributed by atoms with Crippen molar-refractivity contribution in [1.82, 2.24) is 0 Å². The topological polar surface area (TPSA) is 0 Å². The van der Waals surface area contributed by atoms with E-state index in [1.165, 1.54) is 78.4 Å². The van der Waals surface area contributed by atoms with E-state index in [1.54, 1.807) is 81.4 Å². The Hall–Kier alpha value is -0.413. The van der Waals surface area contributed by atoms with Crippen molar-refractivity contribution in [3.8, 4) is 0 Å². The molecule has 7 aliphatic rings. The Morgan fingerprint density at radius 2 is 1.05 bits per heavy atom. The van der Waals surface area contributed by atoms with Crippen molar-refractivity contribution in [3.63, 3.8) is 0 Å². The number of fused-ring (bicyclic) bond motifs is 4. The van der Waals surface area contributed by atoms with Crippen LogP contribution < -0.4 is 24.8 Å². The molecule has 1 saturated heterocycles. The van der Waals surface area contributed by atoms with E-state index in [2.05, 4.69) is 65.8 Å². The van der Waals surface area contributed by atoms with Gasteiger partial charge in [0.1, 0.15) is 0 Å². The van der Waals surface area contributed by atoms with Crippen LogP contribution in [-0.4, -0.2) is 5.49 Å². The van der Waals surface area contributed by atoms with Crippen molar-refractivity contribution in [3.05, 3.63) is 91.2 Å². The van der Waals surface area contributed by atoms with Gasteiger partial charge in [0, 0.05) is 0 Å². The van der Waals surface area contributed by atoms with Crippen LogP contribution in [0.5, 0.6) is 0 Å². The van der Waals surface area contributed by atoms with E-state index in [9.17, 15) is 0 Å². The van der Waals surface area contributed by atoms with Crippen molar-refractivity contribution >= 4 is 5.49 Å². The van der Waals surface area contributed by atoms with E-state index in [1.807, 2.05) is 0 Å². The molecule has 6 aliphatic carbocycles. The Bertz CT molecular complexity index is 1180. The zero-order valence-corrected chi connectivity index (χ0v) is 30.9. The van der Waals surface area contributed by atoms with Crippen LogP contribution in [0.2, 0.25) is 12.1 Å². The van der Waals surface area contributed by atoms with Crippen LogP contribution in [-0.2, 0) is 23.0 Å². The molecule has 208 valence electrons. The molecule has 2 saturated carbocycles. The molecule has 7 rings (SSSR count). The Morgan fingerprint density at radius 1 is 0.641 bits per heavy atom. The van der Waals surface area contributed by atoms with Gasteiger partial charge in [-0.2, -0.15) is 23.3 Å². The summed E-state index contributed by atoms with van der Waals surface area (Å²) >= 11 is 1.55. The average Bonchev–Trinajstić information content (AvgIpc) is 3.68. The predicted molar refractivity (Wildman–Crippen MR) is 156 cm³/mol. The number of rotatable bonds is 0. The Kier molecular flexibility index (Phi) is 12.0. The van der Waals surface area contributed by atoms with Crippen molar-refractivity contribution in [2.24, 2.45) is 11.8 Å². The van der Waals surface area contributed by atoms with Gasteiger partial charge < -0.3 is 24.8 Å². The second kappa shape index (κ2) is 14.2. The molecule has 1 heterocycles. The normalized spacial score (nSPS) is 26.5. The predicted octanol–water partition coefficient (Wildman–Crippen LogP) is 3.96. The van der Waals surface area contributed by atoms with Gasteiger partial charge >= 0.3 is 59.8 Å². The number of allylic oxidation sites excluding steroid dienone is 16. The van der Waals surface area contributed by atoms with Gasteiger partial charge in [0.2, 0.25) is 0 Å². The third kappa shape index (κ3) is 6.81. The Balaban J connectivity index is 0.000000168. The van der Waals surface area contributed by atoms with E-state index in [4.69, 9.17) is 0 Å². The molecule has 1 aliphatic heterocycles. The van der Waals surface area contributed by atoms with Gasteiger partial charge in [-0.1, -0.05) is 62.8 Å².